The van der Waals surface area contributed by atoms with E-state index in [0.29, 0.717) is 22.5 Å². The van der Waals surface area contributed by atoms with Crippen LogP contribution in [0.4, 0.5) is 5.95 Å². The van der Waals surface area contributed by atoms with E-state index in [-0.39, 0.29) is 30.8 Å². The summed E-state index contributed by atoms with van der Waals surface area (Å²) in [5.74, 6) is 0.417. The Morgan fingerprint density at radius 1 is 0.946 bits per heavy atom. The lowest BCUT2D eigenvalue weighted by Gasteiger charge is -2.27. The number of rotatable bonds is 6. The van der Waals surface area contributed by atoms with Crippen molar-refractivity contribution in [2.24, 2.45) is 5.10 Å². The third-order valence-electron chi connectivity index (χ3n) is 7.27. The van der Waals surface area contributed by atoms with E-state index >= 15 is 0 Å². The van der Waals surface area contributed by atoms with Gasteiger partial charge < -0.3 is 5.11 Å². The van der Waals surface area contributed by atoms with Crippen LogP contribution in [0, 0.1) is 0 Å². The molecule has 0 fully saturated rings. The number of hydrazone groups is 1. The fourth-order valence-corrected chi connectivity index (χ4v) is 5.77. The molecule has 7 nitrogen and oxygen atoms in total. The van der Waals surface area contributed by atoms with Crippen molar-refractivity contribution < 1.29 is 5.11 Å². The van der Waals surface area contributed by atoms with Gasteiger partial charge >= 0.3 is 5.69 Å². The van der Waals surface area contributed by atoms with Crippen molar-refractivity contribution in [3.05, 3.63) is 116 Å². The second-order valence-corrected chi connectivity index (χ2v) is 10.4. The summed E-state index contributed by atoms with van der Waals surface area (Å²) in [7, 11) is 0. The van der Waals surface area contributed by atoms with E-state index in [4.69, 9.17) is 33.4 Å². The highest BCUT2D eigenvalue weighted by Gasteiger charge is 2.49. The van der Waals surface area contributed by atoms with Gasteiger partial charge in [0.15, 0.2) is 0 Å². The molecule has 0 amide bonds. The smallest absolute Gasteiger partial charge is 0.347 e. The summed E-state index contributed by atoms with van der Waals surface area (Å²) in [5.41, 5.74) is 4.75. The number of aliphatic hydroxyl groups excluding tert-OH is 1. The number of halogens is 2. The van der Waals surface area contributed by atoms with E-state index in [0.717, 1.165) is 29.7 Å². The highest BCUT2D eigenvalue weighted by atomic mass is 35.5. The van der Waals surface area contributed by atoms with E-state index in [1.165, 1.54) is 20.4 Å². The third-order valence-corrected chi connectivity index (χ3v) is 7.77. The number of anilines is 1. The number of benzene rings is 3. The normalized spacial score (nSPS) is 18.5. The van der Waals surface area contributed by atoms with E-state index in [2.05, 4.69) is 24.3 Å². The monoisotopic (exact) mass is 533 g/mol. The minimum absolute atomic E-state index is 0.126. The number of aryl methyl sites for hydroxylation is 1. The van der Waals surface area contributed by atoms with Gasteiger partial charge in [0.2, 0.25) is 5.95 Å². The molecule has 1 aliphatic carbocycles. The second-order valence-electron chi connectivity index (χ2n) is 9.49. The van der Waals surface area contributed by atoms with Gasteiger partial charge in [-0.2, -0.15) is 5.10 Å². The fourth-order valence-electron chi connectivity index (χ4n) is 5.52. The van der Waals surface area contributed by atoms with Crippen LogP contribution in [-0.4, -0.2) is 38.3 Å². The lowest BCUT2D eigenvalue weighted by atomic mass is 9.75. The molecule has 1 aliphatic heterocycles. The van der Waals surface area contributed by atoms with Crippen molar-refractivity contribution in [1.82, 2.24) is 14.3 Å². The summed E-state index contributed by atoms with van der Waals surface area (Å²) >= 11 is 12.2. The maximum absolute atomic E-state index is 13.3. The summed E-state index contributed by atoms with van der Waals surface area (Å²) in [6.45, 7) is 0.775. The maximum atomic E-state index is 13.3. The van der Waals surface area contributed by atoms with Crippen LogP contribution in [0.25, 0.3) is 0 Å². The van der Waals surface area contributed by atoms with Crippen molar-refractivity contribution >= 4 is 34.9 Å². The Labute approximate surface area is 224 Å². The SMILES string of the molecule is O=c1n(Cc2ccc(Cl)cc2)nc(N2C[C@]3(CCc4ccccc43)C(c3ccc(Cl)cc3)=N2)n1CCO. The molecule has 0 saturated carbocycles. The van der Waals surface area contributed by atoms with Gasteiger partial charge in [-0.15, -0.1) is 5.10 Å². The largest absolute Gasteiger partial charge is 0.395 e. The molecule has 2 heterocycles. The number of fused-ring (bicyclic) bond motifs is 2. The number of hydrogen-bond acceptors (Lipinski definition) is 5. The van der Waals surface area contributed by atoms with Gasteiger partial charge in [0.25, 0.3) is 0 Å². The van der Waals surface area contributed by atoms with Gasteiger partial charge in [-0.05, 0) is 59.4 Å². The first-order chi connectivity index (χ1) is 18.0. The number of hydrogen-bond donors (Lipinski definition) is 1. The Balaban J connectivity index is 1.45. The van der Waals surface area contributed by atoms with E-state index in [9.17, 15) is 9.90 Å². The van der Waals surface area contributed by atoms with Gasteiger partial charge in [-0.1, -0.05) is 71.7 Å². The fraction of sp³-hybridized carbons (Fsp3) is 0.250. The molecule has 6 rings (SSSR count). The summed E-state index contributed by atoms with van der Waals surface area (Å²) in [6.07, 6.45) is 1.85. The molecule has 1 N–H and O–H groups in total. The van der Waals surface area contributed by atoms with Crippen LogP contribution in [0.1, 0.15) is 28.7 Å². The molecule has 4 aromatic rings. The van der Waals surface area contributed by atoms with Gasteiger partial charge in [0, 0.05) is 10.0 Å². The average Bonchev–Trinajstić information content (AvgIpc) is 3.57. The molecule has 1 aromatic heterocycles. The van der Waals surface area contributed by atoms with Crippen molar-refractivity contribution in [3.8, 4) is 0 Å². The molecule has 0 saturated heterocycles. The first-order valence-corrected chi connectivity index (χ1v) is 13.0. The first kappa shape index (κ1) is 24.0. The van der Waals surface area contributed by atoms with Crippen molar-refractivity contribution in [3.63, 3.8) is 0 Å². The predicted octanol–water partition coefficient (Wildman–Crippen LogP) is 4.50. The zero-order valence-electron chi connectivity index (χ0n) is 20.0. The van der Waals surface area contributed by atoms with E-state index in [1.807, 2.05) is 41.4 Å². The zero-order valence-corrected chi connectivity index (χ0v) is 21.5. The van der Waals surface area contributed by atoms with Crippen LogP contribution < -0.4 is 10.7 Å². The summed E-state index contributed by atoms with van der Waals surface area (Å²) in [5, 5.41) is 22.7. The minimum Gasteiger partial charge on any atom is -0.395 e. The quantitative estimate of drug-likeness (QED) is 0.396. The molecule has 0 radical (unpaired) electrons. The Morgan fingerprint density at radius 3 is 2.38 bits per heavy atom. The van der Waals surface area contributed by atoms with Gasteiger partial charge in [0.1, 0.15) is 0 Å². The molecule has 1 spiro atoms. The highest BCUT2D eigenvalue weighted by molar-refractivity contribution is 6.31. The van der Waals surface area contributed by atoms with Crippen LogP contribution in [0.3, 0.4) is 0 Å². The molecular weight excluding hydrogens is 509 g/mol. The zero-order chi connectivity index (χ0) is 25.6. The maximum Gasteiger partial charge on any atom is 0.347 e. The minimum atomic E-state index is -0.343. The van der Waals surface area contributed by atoms with Crippen molar-refractivity contribution in [2.75, 3.05) is 18.2 Å². The molecule has 37 heavy (non-hydrogen) atoms. The predicted molar refractivity (Wildman–Crippen MR) is 146 cm³/mol. The Hall–Kier alpha value is -3.39. The van der Waals surface area contributed by atoms with E-state index in [1.54, 1.807) is 12.1 Å². The first-order valence-electron chi connectivity index (χ1n) is 12.2. The average molecular weight is 534 g/mol. The van der Waals surface area contributed by atoms with Crippen LogP contribution in [0.2, 0.25) is 10.0 Å². The second kappa shape index (κ2) is 9.49. The molecule has 1 atom stereocenters. The molecule has 9 heteroatoms. The highest BCUT2D eigenvalue weighted by Crippen LogP contribution is 2.46. The van der Waals surface area contributed by atoms with Crippen LogP contribution in [0.15, 0.2) is 82.7 Å². The molecule has 3 aromatic carbocycles. The number of aliphatic hydroxyl groups is 1. The van der Waals surface area contributed by atoms with Gasteiger partial charge in [-0.25, -0.2) is 14.5 Å². The molecule has 2 aliphatic rings. The molecular formula is C28H25Cl2N5O2. The van der Waals surface area contributed by atoms with Gasteiger partial charge in [-0.3, -0.25) is 4.57 Å². The standard InChI is InChI=1S/C28H25Cl2N5O2/c29-22-9-5-19(6-10-22)17-34-27(37)33(15-16-36)26(32-34)35-18-28(14-13-20-3-1-2-4-24(20)28)25(31-35)21-7-11-23(30)12-8-21/h1-12,36H,13-18H2/t28-/m0/s1. The third kappa shape index (κ3) is 4.17. The number of nitrogens with zero attached hydrogens (tertiary/aromatic N) is 5. The van der Waals surface area contributed by atoms with E-state index < -0.39 is 0 Å². The molecule has 0 unspecified atom stereocenters. The summed E-state index contributed by atoms with van der Waals surface area (Å²) in [6, 6.07) is 23.5. The molecule has 188 valence electrons. The van der Waals surface area contributed by atoms with Crippen LogP contribution in [-0.2, 0) is 24.9 Å². The van der Waals surface area contributed by atoms with Crippen LogP contribution in [0.5, 0.6) is 0 Å². The topological polar surface area (TPSA) is 75.7 Å². The lowest BCUT2D eigenvalue weighted by molar-refractivity contribution is 0.274. The Kier molecular flexibility index (Phi) is 6.15. The van der Waals surface area contributed by atoms with Gasteiger partial charge in [0.05, 0.1) is 37.4 Å². The summed E-state index contributed by atoms with van der Waals surface area (Å²) in [4.78, 5) is 13.3. The van der Waals surface area contributed by atoms with Crippen LogP contribution >= 0.6 is 23.2 Å². The Morgan fingerprint density at radius 2 is 1.65 bits per heavy atom. The number of aromatic nitrogens is 3. The lowest BCUT2D eigenvalue weighted by Crippen LogP contribution is -2.37. The summed E-state index contributed by atoms with van der Waals surface area (Å²) < 4.78 is 2.91. The Bertz CT molecular complexity index is 1540. The van der Waals surface area contributed by atoms with Crippen molar-refractivity contribution in [2.45, 2.75) is 31.3 Å². The molecule has 0 bridgehead atoms. The van der Waals surface area contributed by atoms with Crippen molar-refractivity contribution in [1.29, 1.82) is 0 Å².